The molecule has 0 aliphatic carbocycles. The highest BCUT2D eigenvalue weighted by molar-refractivity contribution is 7.89. The maximum Gasteiger partial charge on any atom is 0.243 e. The Labute approximate surface area is 114 Å². The largest absolute Gasteiger partial charge is 0.494 e. The van der Waals surface area contributed by atoms with E-state index in [1.165, 1.54) is 4.31 Å². The molecule has 0 bridgehead atoms. The summed E-state index contributed by atoms with van der Waals surface area (Å²) >= 11 is 0. The standard InChI is InChI=1S/C13H20N2O3S/c1-4-18-12-5-6-13(10(2)7-12)19(16,17)15(3)11-8-14-9-11/h5-7,11,14H,4,8-9H2,1-3H3. The minimum absolute atomic E-state index is 0.0518. The zero-order valence-electron chi connectivity index (χ0n) is 11.5. The molecular weight excluding hydrogens is 264 g/mol. The van der Waals surface area contributed by atoms with Gasteiger partial charge in [0.05, 0.1) is 11.5 Å². The van der Waals surface area contributed by atoms with E-state index < -0.39 is 10.0 Å². The van der Waals surface area contributed by atoms with E-state index in [0.29, 0.717) is 35.9 Å². The molecule has 0 aromatic heterocycles. The number of nitrogens with one attached hydrogen (secondary N) is 1. The van der Waals surface area contributed by atoms with Gasteiger partial charge in [-0.1, -0.05) is 0 Å². The van der Waals surface area contributed by atoms with Gasteiger partial charge < -0.3 is 10.1 Å². The molecule has 0 saturated carbocycles. The predicted octanol–water partition coefficient (Wildman–Crippen LogP) is 0.986. The van der Waals surface area contributed by atoms with Crippen molar-refractivity contribution in [2.75, 3.05) is 26.7 Å². The van der Waals surface area contributed by atoms with E-state index >= 15 is 0 Å². The molecule has 6 heteroatoms. The minimum Gasteiger partial charge on any atom is -0.494 e. The monoisotopic (exact) mass is 284 g/mol. The molecule has 1 aromatic carbocycles. The Kier molecular flexibility index (Phi) is 4.13. The van der Waals surface area contributed by atoms with Gasteiger partial charge >= 0.3 is 0 Å². The number of ether oxygens (including phenoxy) is 1. The van der Waals surface area contributed by atoms with Crippen LogP contribution in [0.4, 0.5) is 0 Å². The van der Waals surface area contributed by atoms with Gasteiger partial charge in [-0.15, -0.1) is 0 Å². The van der Waals surface area contributed by atoms with Crippen LogP contribution in [0.5, 0.6) is 5.75 Å². The summed E-state index contributed by atoms with van der Waals surface area (Å²) in [6, 6.07) is 5.15. The molecule has 0 amide bonds. The number of hydrogen-bond donors (Lipinski definition) is 1. The van der Waals surface area contributed by atoms with E-state index in [0.717, 1.165) is 0 Å². The van der Waals surface area contributed by atoms with Crippen LogP contribution in [0.25, 0.3) is 0 Å². The van der Waals surface area contributed by atoms with Gasteiger partial charge in [-0.3, -0.25) is 0 Å². The molecule has 0 unspecified atom stereocenters. The number of hydrogen-bond acceptors (Lipinski definition) is 4. The first-order valence-corrected chi connectivity index (χ1v) is 7.83. The molecule has 19 heavy (non-hydrogen) atoms. The van der Waals surface area contributed by atoms with Gasteiger partial charge in [0.15, 0.2) is 0 Å². The van der Waals surface area contributed by atoms with Crippen molar-refractivity contribution in [3.8, 4) is 5.75 Å². The smallest absolute Gasteiger partial charge is 0.243 e. The van der Waals surface area contributed by atoms with Gasteiger partial charge in [0.1, 0.15) is 5.75 Å². The first kappa shape index (κ1) is 14.3. The van der Waals surface area contributed by atoms with Crippen molar-refractivity contribution in [2.45, 2.75) is 24.8 Å². The molecular formula is C13H20N2O3S. The van der Waals surface area contributed by atoms with Crippen LogP contribution in [0, 0.1) is 6.92 Å². The molecule has 0 atom stereocenters. The fourth-order valence-electron chi connectivity index (χ4n) is 2.05. The summed E-state index contributed by atoms with van der Waals surface area (Å²) in [5, 5.41) is 3.08. The van der Waals surface area contributed by atoms with Crippen LogP contribution in [0.3, 0.4) is 0 Å². The Morgan fingerprint density at radius 3 is 2.58 bits per heavy atom. The first-order chi connectivity index (χ1) is 8.96. The first-order valence-electron chi connectivity index (χ1n) is 6.39. The average molecular weight is 284 g/mol. The molecule has 5 nitrogen and oxygen atoms in total. The molecule has 106 valence electrons. The Bertz CT molecular complexity index is 553. The fraction of sp³-hybridized carbons (Fsp3) is 0.538. The summed E-state index contributed by atoms with van der Waals surface area (Å²) in [6.07, 6.45) is 0. The second kappa shape index (κ2) is 5.48. The summed E-state index contributed by atoms with van der Waals surface area (Å²) in [7, 11) is -1.79. The molecule has 1 aromatic rings. The van der Waals surface area contributed by atoms with Crippen LogP contribution in [0.15, 0.2) is 23.1 Å². The molecule has 2 rings (SSSR count). The second-order valence-corrected chi connectivity index (χ2v) is 6.66. The summed E-state index contributed by atoms with van der Waals surface area (Å²) in [6.45, 7) is 5.69. The molecule has 1 saturated heterocycles. The molecule has 1 fully saturated rings. The van der Waals surface area contributed by atoms with Crippen molar-refractivity contribution >= 4 is 10.0 Å². The van der Waals surface area contributed by atoms with Crippen molar-refractivity contribution < 1.29 is 13.2 Å². The van der Waals surface area contributed by atoms with Crippen LogP contribution >= 0.6 is 0 Å². The third-order valence-electron chi connectivity index (χ3n) is 3.39. The summed E-state index contributed by atoms with van der Waals surface area (Å²) in [5.74, 6) is 0.701. The van der Waals surface area contributed by atoms with Crippen LogP contribution in [-0.4, -0.2) is 45.5 Å². The van der Waals surface area contributed by atoms with E-state index in [-0.39, 0.29) is 6.04 Å². The van der Waals surface area contributed by atoms with Gasteiger partial charge in [-0.25, -0.2) is 8.42 Å². The maximum absolute atomic E-state index is 12.5. The third-order valence-corrected chi connectivity index (χ3v) is 5.46. The fourth-order valence-corrected chi connectivity index (χ4v) is 3.61. The Morgan fingerprint density at radius 2 is 2.11 bits per heavy atom. The van der Waals surface area contributed by atoms with Crippen LogP contribution in [-0.2, 0) is 10.0 Å². The van der Waals surface area contributed by atoms with Crippen LogP contribution < -0.4 is 10.1 Å². The average Bonchev–Trinajstić information content (AvgIpc) is 2.26. The molecule has 1 heterocycles. The number of rotatable bonds is 5. The lowest BCUT2D eigenvalue weighted by atomic mass is 10.2. The van der Waals surface area contributed by atoms with Gasteiger partial charge in [0, 0.05) is 26.2 Å². The van der Waals surface area contributed by atoms with E-state index in [1.807, 2.05) is 6.92 Å². The maximum atomic E-state index is 12.5. The lowest BCUT2D eigenvalue weighted by Gasteiger charge is -2.35. The van der Waals surface area contributed by atoms with E-state index in [2.05, 4.69) is 5.32 Å². The van der Waals surface area contributed by atoms with Crippen molar-refractivity contribution in [1.82, 2.24) is 9.62 Å². The van der Waals surface area contributed by atoms with Gasteiger partial charge in [-0.2, -0.15) is 4.31 Å². The molecule has 0 radical (unpaired) electrons. The number of aryl methyl sites for hydroxylation is 1. The zero-order valence-corrected chi connectivity index (χ0v) is 12.3. The van der Waals surface area contributed by atoms with Crippen molar-refractivity contribution in [3.05, 3.63) is 23.8 Å². The van der Waals surface area contributed by atoms with Gasteiger partial charge in [-0.05, 0) is 37.6 Å². The van der Waals surface area contributed by atoms with E-state index in [4.69, 9.17) is 4.74 Å². The van der Waals surface area contributed by atoms with Crippen molar-refractivity contribution in [2.24, 2.45) is 0 Å². The lowest BCUT2D eigenvalue weighted by Crippen LogP contribution is -2.57. The SMILES string of the molecule is CCOc1ccc(S(=O)(=O)N(C)C2CNC2)c(C)c1. The number of likely N-dealkylation sites (N-methyl/N-ethyl adjacent to an activating group) is 1. The highest BCUT2D eigenvalue weighted by Crippen LogP contribution is 2.25. The zero-order chi connectivity index (χ0) is 14.0. The summed E-state index contributed by atoms with van der Waals surface area (Å²) in [5.41, 5.74) is 0.713. The molecule has 1 N–H and O–H groups in total. The van der Waals surface area contributed by atoms with Crippen molar-refractivity contribution in [3.63, 3.8) is 0 Å². The van der Waals surface area contributed by atoms with Crippen LogP contribution in [0.2, 0.25) is 0 Å². The lowest BCUT2D eigenvalue weighted by molar-refractivity contribution is 0.274. The Hall–Kier alpha value is -1.11. The van der Waals surface area contributed by atoms with E-state index in [9.17, 15) is 8.42 Å². The Morgan fingerprint density at radius 1 is 1.42 bits per heavy atom. The molecule has 1 aliphatic heterocycles. The normalized spacial score (nSPS) is 16.4. The number of sulfonamides is 1. The predicted molar refractivity (Wildman–Crippen MR) is 74.0 cm³/mol. The molecule has 1 aliphatic rings. The molecule has 0 spiro atoms. The number of nitrogens with zero attached hydrogens (tertiary/aromatic N) is 1. The topological polar surface area (TPSA) is 58.6 Å². The Balaban J connectivity index is 2.29. The van der Waals surface area contributed by atoms with Crippen molar-refractivity contribution in [1.29, 1.82) is 0 Å². The minimum atomic E-state index is -3.42. The number of benzene rings is 1. The van der Waals surface area contributed by atoms with E-state index in [1.54, 1.807) is 32.2 Å². The van der Waals surface area contributed by atoms with Gasteiger partial charge in [0.2, 0.25) is 10.0 Å². The third kappa shape index (κ3) is 2.75. The highest BCUT2D eigenvalue weighted by atomic mass is 32.2. The second-order valence-electron chi connectivity index (χ2n) is 4.69. The summed E-state index contributed by atoms with van der Waals surface area (Å²) < 4.78 is 31.9. The highest BCUT2D eigenvalue weighted by Gasteiger charge is 2.32. The van der Waals surface area contributed by atoms with Crippen LogP contribution in [0.1, 0.15) is 12.5 Å². The van der Waals surface area contributed by atoms with Gasteiger partial charge in [0.25, 0.3) is 0 Å². The summed E-state index contributed by atoms with van der Waals surface area (Å²) in [4.78, 5) is 0.352. The quantitative estimate of drug-likeness (QED) is 0.876.